The third-order valence-electron chi connectivity index (χ3n) is 2.76. The zero-order valence-corrected chi connectivity index (χ0v) is 11.1. The largest absolute Gasteiger partial charge is 0.395 e. The summed E-state index contributed by atoms with van der Waals surface area (Å²) < 4.78 is 0. The summed E-state index contributed by atoms with van der Waals surface area (Å²) in [5, 5.41) is 19.6. The number of nitrogens with zero attached hydrogens (tertiary/aromatic N) is 2. The van der Waals surface area contributed by atoms with Crippen molar-refractivity contribution in [3.63, 3.8) is 0 Å². The van der Waals surface area contributed by atoms with E-state index in [4.69, 9.17) is 5.11 Å². The van der Waals surface area contributed by atoms with Crippen LogP contribution >= 0.6 is 0 Å². The fraction of sp³-hybridized carbons (Fsp3) is 0.462. The molecule has 1 amide bonds. The van der Waals surface area contributed by atoms with Crippen LogP contribution in [0.1, 0.15) is 19.4 Å². The number of carbonyl (C=O) groups is 1. The first-order chi connectivity index (χ1) is 8.95. The van der Waals surface area contributed by atoms with Gasteiger partial charge in [-0.25, -0.2) is 0 Å². The minimum Gasteiger partial charge on any atom is -0.395 e. The van der Waals surface area contributed by atoms with Gasteiger partial charge in [-0.2, -0.15) is 0 Å². The Kier molecular flexibility index (Phi) is 5.44. The van der Waals surface area contributed by atoms with E-state index in [2.05, 4.69) is 0 Å². The van der Waals surface area contributed by atoms with Gasteiger partial charge in [0.05, 0.1) is 18.0 Å². The van der Waals surface area contributed by atoms with E-state index in [0.717, 1.165) is 0 Å². The lowest BCUT2D eigenvalue weighted by atomic mass is 10.1. The molecule has 6 heteroatoms. The summed E-state index contributed by atoms with van der Waals surface area (Å²) in [7, 11) is 0. The first-order valence-corrected chi connectivity index (χ1v) is 6.09. The lowest BCUT2D eigenvalue weighted by Crippen LogP contribution is -2.39. The topological polar surface area (TPSA) is 83.7 Å². The number of rotatable bonds is 6. The molecular formula is C13H18N2O4. The van der Waals surface area contributed by atoms with Crippen LogP contribution in [-0.2, 0) is 11.2 Å². The molecule has 1 aromatic carbocycles. The number of aliphatic hydroxyl groups is 1. The van der Waals surface area contributed by atoms with Crippen LogP contribution in [0, 0.1) is 10.1 Å². The van der Waals surface area contributed by atoms with Gasteiger partial charge < -0.3 is 10.0 Å². The second kappa shape index (κ2) is 6.84. The molecule has 0 heterocycles. The number of nitro groups is 1. The minimum absolute atomic E-state index is 0.0154. The fourth-order valence-electron chi connectivity index (χ4n) is 1.83. The van der Waals surface area contributed by atoms with E-state index >= 15 is 0 Å². The third kappa shape index (κ3) is 4.33. The quantitative estimate of drug-likeness (QED) is 0.622. The first-order valence-electron chi connectivity index (χ1n) is 6.09. The normalized spacial score (nSPS) is 10.5. The van der Waals surface area contributed by atoms with Crippen molar-refractivity contribution in [1.82, 2.24) is 4.90 Å². The van der Waals surface area contributed by atoms with E-state index < -0.39 is 4.92 Å². The molecule has 0 aliphatic rings. The van der Waals surface area contributed by atoms with Crippen molar-refractivity contribution in [3.05, 3.63) is 39.9 Å². The maximum absolute atomic E-state index is 12.1. The van der Waals surface area contributed by atoms with Crippen molar-refractivity contribution >= 4 is 11.6 Å². The van der Waals surface area contributed by atoms with E-state index in [1.807, 2.05) is 13.8 Å². The number of amides is 1. The molecule has 0 aliphatic carbocycles. The van der Waals surface area contributed by atoms with Gasteiger partial charge in [0, 0.05) is 24.7 Å². The second-order valence-corrected chi connectivity index (χ2v) is 4.51. The Bertz CT molecular complexity index is 460. The van der Waals surface area contributed by atoms with Crippen molar-refractivity contribution in [2.45, 2.75) is 26.3 Å². The Morgan fingerprint density at radius 2 is 2.16 bits per heavy atom. The number of benzene rings is 1. The SMILES string of the molecule is CC(C)N(CCO)C(=O)Cc1cccc([N+](=O)[O-])c1. The summed E-state index contributed by atoms with van der Waals surface area (Å²) >= 11 is 0. The Morgan fingerprint density at radius 3 is 2.68 bits per heavy atom. The van der Waals surface area contributed by atoms with Crippen LogP contribution in [0.25, 0.3) is 0 Å². The van der Waals surface area contributed by atoms with Gasteiger partial charge in [0.2, 0.25) is 5.91 Å². The van der Waals surface area contributed by atoms with Crippen molar-refractivity contribution < 1.29 is 14.8 Å². The minimum atomic E-state index is -0.484. The molecule has 0 radical (unpaired) electrons. The summed E-state index contributed by atoms with van der Waals surface area (Å²) in [5.74, 6) is -0.149. The standard InChI is InChI=1S/C13H18N2O4/c1-10(2)14(6-7-16)13(17)9-11-4-3-5-12(8-11)15(18)19/h3-5,8,10,16H,6-7,9H2,1-2H3. The predicted molar refractivity (Wildman–Crippen MR) is 70.7 cm³/mol. The average molecular weight is 266 g/mol. The number of carbonyl (C=O) groups excluding carboxylic acids is 1. The van der Waals surface area contributed by atoms with Gasteiger partial charge in [-0.05, 0) is 19.4 Å². The van der Waals surface area contributed by atoms with E-state index in [1.165, 1.54) is 12.1 Å². The molecule has 0 saturated carbocycles. The summed E-state index contributed by atoms with van der Waals surface area (Å²) in [5.41, 5.74) is 0.575. The van der Waals surface area contributed by atoms with Gasteiger partial charge in [-0.3, -0.25) is 14.9 Å². The molecule has 19 heavy (non-hydrogen) atoms. The van der Waals surface area contributed by atoms with E-state index in [-0.39, 0.29) is 37.2 Å². The van der Waals surface area contributed by atoms with Crippen LogP contribution in [-0.4, -0.2) is 40.0 Å². The molecule has 104 valence electrons. The lowest BCUT2D eigenvalue weighted by Gasteiger charge is -2.26. The van der Waals surface area contributed by atoms with Gasteiger partial charge in [-0.15, -0.1) is 0 Å². The highest BCUT2D eigenvalue weighted by Crippen LogP contribution is 2.14. The average Bonchev–Trinajstić information content (AvgIpc) is 2.35. The number of hydrogen-bond donors (Lipinski definition) is 1. The molecule has 1 rings (SSSR count). The zero-order chi connectivity index (χ0) is 14.4. The molecule has 0 atom stereocenters. The fourth-order valence-corrected chi connectivity index (χ4v) is 1.83. The van der Waals surface area contributed by atoms with Crippen molar-refractivity contribution in [2.24, 2.45) is 0 Å². The molecule has 0 unspecified atom stereocenters. The van der Waals surface area contributed by atoms with E-state index in [1.54, 1.807) is 17.0 Å². The van der Waals surface area contributed by atoms with Gasteiger partial charge >= 0.3 is 0 Å². The van der Waals surface area contributed by atoms with Crippen LogP contribution in [0.2, 0.25) is 0 Å². The molecule has 1 N–H and O–H groups in total. The smallest absolute Gasteiger partial charge is 0.269 e. The molecule has 0 aliphatic heterocycles. The van der Waals surface area contributed by atoms with Crippen LogP contribution in [0.4, 0.5) is 5.69 Å². The zero-order valence-electron chi connectivity index (χ0n) is 11.1. The van der Waals surface area contributed by atoms with E-state index in [0.29, 0.717) is 5.56 Å². The number of aliphatic hydroxyl groups excluding tert-OH is 1. The Hall–Kier alpha value is -1.95. The highest BCUT2D eigenvalue weighted by Gasteiger charge is 2.17. The van der Waals surface area contributed by atoms with Crippen LogP contribution in [0.3, 0.4) is 0 Å². The predicted octanol–water partition coefficient (Wildman–Crippen LogP) is 1.37. The summed E-state index contributed by atoms with van der Waals surface area (Å²) in [6, 6.07) is 6.02. The molecule has 1 aromatic rings. The monoisotopic (exact) mass is 266 g/mol. The second-order valence-electron chi connectivity index (χ2n) is 4.51. The van der Waals surface area contributed by atoms with Crippen LogP contribution < -0.4 is 0 Å². The Morgan fingerprint density at radius 1 is 1.47 bits per heavy atom. The van der Waals surface area contributed by atoms with Gasteiger partial charge in [0.15, 0.2) is 0 Å². The maximum atomic E-state index is 12.1. The van der Waals surface area contributed by atoms with Crippen LogP contribution in [0.5, 0.6) is 0 Å². The highest BCUT2D eigenvalue weighted by atomic mass is 16.6. The molecule has 0 fully saturated rings. The van der Waals surface area contributed by atoms with E-state index in [9.17, 15) is 14.9 Å². The van der Waals surface area contributed by atoms with Gasteiger partial charge in [-0.1, -0.05) is 12.1 Å². The summed E-state index contributed by atoms with van der Waals surface area (Å²) in [6.45, 7) is 3.90. The van der Waals surface area contributed by atoms with Crippen molar-refractivity contribution in [1.29, 1.82) is 0 Å². The number of non-ortho nitro benzene ring substituents is 1. The number of nitro benzene ring substituents is 1. The summed E-state index contributed by atoms with van der Waals surface area (Å²) in [4.78, 5) is 23.8. The van der Waals surface area contributed by atoms with Crippen LogP contribution in [0.15, 0.2) is 24.3 Å². The number of hydrogen-bond acceptors (Lipinski definition) is 4. The molecule has 0 saturated heterocycles. The highest BCUT2D eigenvalue weighted by molar-refractivity contribution is 5.79. The molecule has 0 spiro atoms. The molecular weight excluding hydrogens is 248 g/mol. The Labute approximate surface area is 111 Å². The van der Waals surface area contributed by atoms with Crippen molar-refractivity contribution in [3.8, 4) is 0 Å². The van der Waals surface area contributed by atoms with Gasteiger partial charge in [0.25, 0.3) is 5.69 Å². The van der Waals surface area contributed by atoms with Crippen molar-refractivity contribution in [2.75, 3.05) is 13.2 Å². The third-order valence-corrected chi connectivity index (χ3v) is 2.76. The first kappa shape index (κ1) is 15.1. The summed E-state index contributed by atoms with van der Waals surface area (Å²) in [6.07, 6.45) is 0.0971. The van der Waals surface area contributed by atoms with Gasteiger partial charge in [0.1, 0.15) is 0 Å². The maximum Gasteiger partial charge on any atom is 0.269 e. The molecule has 0 bridgehead atoms. The Balaban J connectivity index is 2.80. The molecule has 0 aromatic heterocycles. The molecule has 6 nitrogen and oxygen atoms in total. The lowest BCUT2D eigenvalue weighted by molar-refractivity contribution is -0.384.